The second kappa shape index (κ2) is 12.1. The summed E-state index contributed by atoms with van der Waals surface area (Å²) in [5.41, 5.74) is -0.0939. The van der Waals surface area contributed by atoms with Gasteiger partial charge in [-0.05, 0) is 64.3 Å². The van der Waals surface area contributed by atoms with E-state index < -0.39 is 11.7 Å². The Hall–Kier alpha value is -3.07. The first kappa shape index (κ1) is 25.2. The van der Waals surface area contributed by atoms with Gasteiger partial charge in [0.15, 0.2) is 0 Å². The predicted molar refractivity (Wildman–Crippen MR) is 128 cm³/mol. The highest BCUT2D eigenvalue weighted by molar-refractivity contribution is 6.30. The molecule has 32 heavy (non-hydrogen) atoms. The molecule has 0 fully saturated rings. The molecule has 2 rings (SSSR count). The number of ether oxygens (including phenoxy) is 1. The van der Waals surface area contributed by atoms with Crippen LogP contribution in [0.5, 0.6) is 0 Å². The highest BCUT2D eigenvalue weighted by atomic mass is 35.5. The van der Waals surface area contributed by atoms with E-state index in [9.17, 15) is 9.59 Å². The number of pyridine rings is 2. The summed E-state index contributed by atoms with van der Waals surface area (Å²) >= 11 is 5.84. The van der Waals surface area contributed by atoms with Crippen molar-refractivity contribution in [2.75, 3.05) is 36.1 Å². The van der Waals surface area contributed by atoms with Gasteiger partial charge in [-0.3, -0.25) is 4.79 Å². The fraction of sp³-hybridized carbons (Fsp3) is 0.455. The van der Waals surface area contributed by atoms with Crippen molar-refractivity contribution in [2.24, 2.45) is 0 Å². The molecule has 0 saturated heterocycles. The van der Waals surface area contributed by atoms with Crippen molar-refractivity contribution < 1.29 is 14.3 Å². The molecule has 0 unspecified atom stereocenters. The summed E-state index contributed by atoms with van der Waals surface area (Å²) in [5, 5.41) is 12.2. The molecule has 0 radical (unpaired) electrons. The number of carbonyl (C=O) groups is 2. The number of rotatable bonds is 10. The smallest absolute Gasteiger partial charge is 0.407 e. The lowest BCUT2D eigenvalue weighted by atomic mass is 10.2. The number of nitrogens with one attached hydrogen (secondary N) is 4. The lowest BCUT2D eigenvalue weighted by Crippen LogP contribution is -2.33. The Bertz CT molecular complexity index is 900. The van der Waals surface area contributed by atoms with Gasteiger partial charge in [0.2, 0.25) is 0 Å². The second-order valence-electron chi connectivity index (χ2n) is 8.07. The molecule has 0 aliphatic heterocycles. The molecule has 9 nitrogen and oxygen atoms in total. The van der Waals surface area contributed by atoms with Gasteiger partial charge in [-0.25, -0.2) is 14.8 Å². The minimum absolute atomic E-state index is 0.320. The van der Waals surface area contributed by atoms with Crippen LogP contribution >= 0.6 is 11.6 Å². The number of unbranched alkanes of at least 4 members (excludes halogenated alkanes) is 2. The molecule has 0 atom stereocenters. The molecule has 2 aromatic rings. The van der Waals surface area contributed by atoms with Crippen molar-refractivity contribution in [3.05, 3.63) is 41.0 Å². The number of anilines is 3. The number of amides is 2. The van der Waals surface area contributed by atoms with E-state index in [4.69, 9.17) is 16.3 Å². The van der Waals surface area contributed by atoms with Gasteiger partial charge in [-0.1, -0.05) is 11.6 Å². The van der Waals surface area contributed by atoms with Crippen molar-refractivity contribution in [1.29, 1.82) is 0 Å². The third-order valence-corrected chi connectivity index (χ3v) is 4.40. The maximum absolute atomic E-state index is 12.7. The van der Waals surface area contributed by atoms with Gasteiger partial charge in [0, 0.05) is 26.3 Å². The molecule has 2 heterocycles. The highest BCUT2D eigenvalue weighted by Crippen LogP contribution is 2.19. The van der Waals surface area contributed by atoms with Crippen LogP contribution in [0.15, 0.2) is 30.5 Å². The second-order valence-corrected chi connectivity index (χ2v) is 8.51. The topological polar surface area (TPSA) is 117 Å². The zero-order chi connectivity index (χ0) is 23.6. The zero-order valence-corrected chi connectivity index (χ0v) is 19.7. The minimum atomic E-state index is -0.503. The van der Waals surface area contributed by atoms with Crippen molar-refractivity contribution in [3.63, 3.8) is 0 Å². The van der Waals surface area contributed by atoms with E-state index in [1.807, 2.05) is 20.8 Å². The Balaban J connectivity index is 1.83. The van der Waals surface area contributed by atoms with E-state index in [1.165, 1.54) is 6.20 Å². The van der Waals surface area contributed by atoms with Gasteiger partial charge in [0.05, 0.1) is 10.6 Å². The minimum Gasteiger partial charge on any atom is -0.444 e. The normalized spacial score (nSPS) is 10.9. The van der Waals surface area contributed by atoms with E-state index in [-0.39, 0.29) is 5.91 Å². The average Bonchev–Trinajstić information content (AvgIpc) is 2.73. The molecule has 0 saturated carbocycles. The summed E-state index contributed by atoms with van der Waals surface area (Å²) in [7, 11) is 1.77. The van der Waals surface area contributed by atoms with Crippen LogP contribution < -0.4 is 21.3 Å². The number of hydrogen-bond acceptors (Lipinski definition) is 7. The fourth-order valence-corrected chi connectivity index (χ4v) is 2.80. The third kappa shape index (κ3) is 8.97. The molecular formula is C22H31ClN6O3. The Kier molecular flexibility index (Phi) is 9.52. The van der Waals surface area contributed by atoms with Crippen molar-refractivity contribution >= 4 is 41.1 Å². The van der Waals surface area contributed by atoms with E-state index in [0.717, 1.165) is 19.3 Å². The lowest BCUT2D eigenvalue weighted by molar-refractivity contribution is 0.0527. The summed E-state index contributed by atoms with van der Waals surface area (Å²) < 4.78 is 5.20. The van der Waals surface area contributed by atoms with Gasteiger partial charge in [-0.15, -0.1) is 0 Å². The molecule has 4 N–H and O–H groups in total. The van der Waals surface area contributed by atoms with Crippen LogP contribution in [0.25, 0.3) is 0 Å². The Morgan fingerprint density at radius 3 is 2.41 bits per heavy atom. The monoisotopic (exact) mass is 462 g/mol. The number of aromatic nitrogens is 2. The molecule has 0 spiro atoms. The molecule has 0 aromatic carbocycles. The molecule has 0 bridgehead atoms. The summed E-state index contributed by atoms with van der Waals surface area (Å²) in [6, 6.07) is 6.73. The third-order valence-electron chi connectivity index (χ3n) is 4.18. The molecule has 0 aliphatic carbocycles. The van der Waals surface area contributed by atoms with Gasteiger partial charge in [-0.2, -0.15) is 0 Å². The number of nitrogens with zero attached hydrogens (tertiary/aromatic N) is 2. The number of hydrogen-bond donors (Lipinski definition) is 4. The number of halogens is 1. The first-order valence-electron chi connectivity index (χ1n) is 10.5. The van der Waals surface area contributed by atoms with Crippen LogP contribution in [-0.2, 0) is 4.74 Å². The van der Waals surface area contributed by atoms with Crippen LogP contribution in [0, 0.1) is 0 Å². The van der Waals surface area contributed by atoms with Crippen molar-refractivity contribution in [2.45, 2.75) is 45.6 Å². The molecule has 2 amide bonds. The van der Waals surface area contributed by atoms with Crippen LogP contribution in [0.2, 0.25) is 5.02 Å². The number of alkyl carbamates (subject to hydrolysis) is 1. The first-order valence-corrected chi connectivity index (χ1v) is 10.9. The largest absolute Gasteiger partial charge is 0.444 e. The zero-order valence-electron chi connectivity index (χ0n) is 18.9. The Morgan fingerprint density at radius 1 is 1.03 bits per heavy atom. The highest BCUT2D eigenvalue weighted by Gasteiger charge is 2.16. The molecule has 0 aliphatic rings. The van der Waals surface area contributed by atoms with Crippen molar-refractivity contribution in [3.8, 4) is 0 Å². The molecular weight excluding hydrogens is 432 g/mol. The summed E-state index contributed by atoms with van der Waals surface area (Å²) in [4.78, 5) is 32.9. The van der Waals surface area contributed by atoms with E-state index in [1.54, 1.807) is 31.3 Å². The van der Waals surface area contributed by atoms with E-state index in [0.29, 0.717) is 41.1 Å². The van der Waals surface area contributed by atoms with Crippen LogP contribution in [0.1, 0.15) is 50.4 Å². The fourth-order valence-electron chi connectivity index (χ4n) is 2.69. The number of carbonyl (C=O) groups excluding carboxylic acids is 2. The maximum atomic E-state index is 12.7. The average molecular weight is 463 g/mol. The molecule has 2 aromatic heterocycles. The van der Waals surface area contributed by atoms with Gasteiger partial charge < -0.3 is 26.0 Å². The first-order chi connectivity index (χ1) is 15.2. The Labute approximate surface area is 193 Å². The van der Waals surface area contributed by atoms with Gasteiger partial charge >= 0.3 is 6.09 Å². The quantitative estimate of drug-likeness (QED) is 0.383. The van der Waals surface area contributed by atoms with Crippen LogP contribution in [-0.4, -0.2) is 47.7 Å². The van der Waals surface area contributed by atoms with E-state index >= 15 is 0 Å². The van der Waals surface area contributed by atoms with Gasteiger partial charge in [0.1, 0.15) is 23.1 Å². The maximum Gasteiger partial charge on any atom is 0.407 e. The van der Waals surface area contributed by atoms with Crippen LogP contribution in [0.3, 0.4) is 0 Å². The summed E-state index contributed by atoms with van der Waals surface area (Å²) in [6.45, 7) is 6.66. The molecule has 10 heteroatoms. The summed E-state index contributed by atoms with van der Waals surface area (Å²) in [5.74, 6) is 1.21. The van der Waals surface area contributed by atoms with Crippen LogP contribution in [0.4, 0.5) is 22.2 Å². The van der Waals surface area contributed by atoms with E-state index in [2.05, 4.69) is 31.2 Å². The Morgan fingerprint density at radius 2 is 1.75 bits per heavy atom. The summed E-state index contributed by atoms with van der Waals surface area (Å²) in [6.07, 6.45) is 3.62. The standard InChI is InChI=1S/C22H31ClN6O3/c1-22(2,3)32-21(31)26-13-7-5-6-12-25-19-16(9-11-17(24-4)28-19)20(30)29-18-10-8-15(23)14-27-18/h8-11,14H,5-7,12-13H2,1-4H3,(H,26,31)(H2,24,25,28)(H,27,29,30). The molecule has 174 valence electrons. The SMILES string of the molecule is CNc1ccc(C(=O)Nc2ccc(Cl)cn2)c(NCCCCCNC(=O)OC(C)(C)C)n1. The predicted octanol–water partition coefficient (Wildman–Crippen LogP) is 4.53. The van der Waals surface area contributed by atoms with Crippen molar-refractivity contribution in [1.82, 2.24) is 15.3 Å². The van der Waals surface area contributed by atoms with Gasteiger partial charge in [0.25, 0.3) is 5.91 Å². The lowest BCUT2D eigenvalue weighted by Gasteiger charge is -2.19.